The maximum Gasteiger partial charge on any atom is 0.320 e. The predicted octanol–water partition coefficient (Wildman–Crippen LogP) is 1.21. The molecule has 1 unspecified atom stereocenters. The van der Waals surface area contributed by atoms with E-state index in [1.54, 1.807) is 6.92 Å². The third-order valence-corrected chi connectivity index (χ3v) is 2.80. The molecule has 19 heavy (non-hydrogen) atoms. The van der Waals surface area contributed by atoms with Gasteiger partial charge in [-0.05, 0) is 25.3 Å². The summed E-state index contributed by atoms with van der Waals surface area (Å²) in [5, 5.41) is 8.83. The summed E-state index contributed by atoms with van der Waals surface area (Å²) in [6.07, 6.45) is 0.504. The van der Waals surface area contributed by atoms with Crippen LogP contribution in [0, 0.1) is 5.92 Å². The van der Waals surface area contributed by atoms with Crippen LogP contribution in [0.5, 0.6) is 0 Å². The zero-order chi connectivity index (χ0) is 14.3. The van der Waals surface area contributed by atoms with Gasteiger partial charge in [-0.15, -0.1) is 0 Å². The van der Waals surface area contributed by atoms with Crippen LogP contribution in [0.15, 0.2) is 30.3 Å². The van der Waals surface area contributed by atoms with Crippen molar-refractivity contribution in [3.05, 3.63) is 35.9 Å². The molecule has 0 saturated carbocycles. The first-order chi connectivity index (χ1) is 9.04. The van der Waals surface area contributed by atoms with Crippen molar-refractivity contribution in [2.45, 2.75) is 25.8 Å². The summed E-state index contributed by atoms with van der Waals surface area (Å²) in [7, 11) is 0. The Morgan fingerprint density at radius 3 is 2.47 bits per heavy atom. The molecule has 0 aliphatic heterocycles. The van der Waals surface area contributed by atoms with Gasteiger partial charge in [0.25, 0.3) is 0 Å². The first-order valence-electron chi connectivity index (χ1n) is 6.23. The minimum absolute atomic E-state index is 0.0725. The average Bonchev–Trinajstić information content (AvgIpc) is 2.39. The molecule has 3 N–H and O–H groups in total. The molecule has 1 aromatic carbocycles. The van der Waals surface area contributed by atoms with Crippen molar-refractivity contribution < 1.29 is 19.4 Å². The SMILES string of the molecule is CCOC(=O)C(Cc1ccccc1)C[C@H](N)C(=O)O. The maximum atomic E-state index is 11.8. The second-order valence-electron chi connectivity index (χ2n) is 4.32. The Kier molecular flexibility index (Phi) is 6.02. The minimum atomic E-state index is -1.11. The van der Waals surface area contributed by atoms with Crippen LogP contribution in [0.3, 0.4) is 0 Å². The first kappa shape index (κ1) is 15.2. The molecule has 0 spiro atoms. The Labute approximate surface area is 112 Å². The Bertz CT molecular complexity index is 419. The molecular formula is C14H19NO4. The van der Waals surface area contributed by atoms with E-state index in [0.29, 0.717) is 6.42 Å². The number of carboxylic acids is 1. The number of carboxylic acid groups (broad SMARTS) is 1. The fourth-order valence-electron chi connectivity index (χ4n) is 1.83. The Morgan fingerprint density at radius 1 is 1.32 bits per heavy atom. The Morgan fingerprint density at radius 2 is 1.95 bits per heavy atom. The zero-order valence-electron chi connectivity index (χ0n) is 10.9. The van der Waals surface area contributed by atoms with E-state index in [4.69, 9.17) is 15.6 Å². The highest BCUT2D eigenvalue weighted by Gasteiger charge is 2.26. The van der Waals surface area contributed by atoms with Crippen LogP contribution >= 0.6 is 0 Å². The summed E-state index contributed by atoms with van der Waals surface area (Å²) in [5.74, 6) is -2.04. The normalized spacial score (nSPS) is 13.6. The summed E-state index contributed by atoms with van der Waals surface area (Å²) in [6, 6.07) is 8.34. The number of carbonyl (C=O) groups is 2. The lowest BCUT2D eigenvalue weighted by atomic mass is 9.93. The van der Waals surface area contributed by atoms with E-state index in [1.807, 2.05) is 30.3 Å². The first-order valence-corrected chi connectivity index (χ1v) is 6.23. The molecule has 1 aromatic rings. The molecular weight excluding hydrogens is 246 g/mol. The van der Waals surface area contributed by atoms with Gasteiger partial charge in [0.1, 0.15) is 6.04 Å². The molecule has 0 saturated heterocycles. The number of hydrogen-bond acceptors (Lipinski definition) is 4. The molecule has 104 valence electrons. The molecule has 0 fully saturated rings. The standard InChI is InChI=1S/C14H19NO4/c1-2-19-14(18)11(9-12(15)13(16)17)8-10-6-4-3-5-7-10/h3-7,11-12H,2,8-9,15H2,1H3,(H,16,17)/t11?,12-/m0/s1. The second-order valence-corrected chi connectivity index (χ2v) is 4.32. The van der Waals surface area contributed by atoms with Crippen LogP contribution in [0.2, 0.25) is 0 Å². The highest BCUT2D eigenvalue weighted by molar-refractivity contribution is 5.77. The van der Waals surface area contributed by atoms with Gasteiger partial charge in [0.05, 0.1) is 12.5 Å². The fourth-order valence-corrected chi connectivity index (χ4v) is 1.83. The Hall–Kier alpha value is -1.88. The van der Waals surface area contributed by atoms with Gasteiger partial charge < -0.3 is 15.6 Å². The van der Waals surface area contributed by atoms with Crippen molar-refractivity contribution in [1.82, 2.24) is 0 Å². The number of esters is 1. The summed E-state index contributed by atoms with van der Waals surface area (Å²) >= 11 is 0. The van der Waals surface area contributed by atoms with E-state index < -0.39 is 23.9 Å². The van der Waals surface area contributed by atoms with Crippen LogP contribution < -0.4 is 5.73 Å². The van der Waals surface area contributed by atoms with Crippen molar-refractivity contribution in [2.24, 2.45) is 11.7 Å². The maximum absolute atomic E-state index is 11.8. The minimum Gasteiger partial charge on any atom is -0.480 e. The predicted molar refractivity (Wildman–Crippen MR) is 70.5 cm³/mol. The molecule has 0 aliphatic carbocycles. The highest BCUT2D eigenvalue weighted by Crippen LogP contribution is 2.16. The van der Waals surface area contributed by atoms with Gasteiger partial charge in [-0.1, -0.05) is 30.3 Å². The van der Waals surface area contributed by atoms with Crippen LogP contribution in [-0.4, -0.2) is 29.7 Å². The van der Waals surface area contributed by atoms with E-state index in [2.05, 4.69) is 0 Å². The number of hydrogen-bond donors (Lipinski definition) is 2. The fraction of sp³-hybridized carbons (Fsp3) is 0.429. The third kappa shape index (κ3) is 5.09. The molecule has 0 radical (unpaired) electrons. The number of ether oxygens (including phenoxy) is 1. The number of nitrogens with two attached hydrogens (primary N) is 1. The summed E-state index contributed by atoms with van der Waals surface area (Å²) in [5.41, 5.74) is 6.45. The second kappa shape index (κ2) is 7.53. The molecule has 0 aliphatic rings. The number of aliphatic carboxylic acids is 1. The van der Waals surface area contributed by atoms with Crippen molar-refractivity contribution in [1.29, 1.82) is 0 Å². The number of rotatable bonds is 7. The topological polar surface area (TPSA) is 89.6 Å². The van der Waals surface area contributed by atoms with E-state index >= 15 is 0 Å². The number of carbonyl (C=O) groups excluding carboxylic acids is 1. The smallest absolute Gasteiger partial charge is 0.320 e. The summed E-state index contributed by atoms with van der Waals surface area (Å²) < 4.78 is 4.97. The molecule has 0 amide bonds. The molecule has 5 nitrogen and oxygen atoms in total. The molecule has 1 rings (SSSR count). The van der Waals surface area contributed by atoms with Gasteiger partial charge in [0, 0.05) is 0 Å². The lowest BCUT2D eigenvalue weighted by molar-refractivity contribution is -0.149. The van der Waals surface area contributed by atoms with Gasteiger partial charge >= 0.3 is 11.9 Å². The van der Waals surface area contributed by atoms with Gasteiger partial charge in [0.2, 0.25) is 0 Å². The van der Waals surface area contributed by atoms with E-state index in [0.717, 1.165) is 5.56 Å². The molecule has 2 atom stereocenters. The number of benzene rings is 1. The molecule has 5 heteroatoms. The Balaban J connectivity index is 2.74. The van der Waals surface area contributed by atoms with E-state index in [-0.39, 0.29) is 13.0 Å². The van der Waals surface area contributed by atoms with Crippen molar-refractivity contribution in [2.75, 3.05) is 6.61 Å². The lowest BCUT2D eigenvalue weighted by Crippen LogP contribution is -2.35. The van der Waals surface area contributed by atoms with Crippen molar-refractivity contribution >= 4 is 11.9 Å². The van der Waals surface area contributed by atoms with Crippen molar-refractivity contribution in [3.8, 4) is 0 Å². The average molecular weight is 265 g/mol. The van der Waals surface area contributed by atoms with Gasteiger partial charge in [-0.2, -0.15) is 0 Å². The van der Waals surface area contributed by atoms with Crippen LogP contribution in [0.1, 0.15) is 18.9 Å². The van der Waals surface area contributed by atoms with Gasteiger partial charge in [-0.3, -0.25) is 9.59 Å². The summed E-state index contributed by atoms with van der Waals surface area (Å²) in [4.78, 5) is 22.6. The third-order valence-electron chi connectivity index (χ3n) is 2.80. The lowest BCUT2D eigenvalue weighted by Gasteiger charge is -2.17. The molecule has 0 bridgehead atoms. The van der Waals surface area contributed by atoms with Crippen LogP contribution in [0.4, 0.5) is 0 Å². The van der Waals surface area contributed by atoms with Gasteiger partial charge in [0.15, 0.2) is 0 Å². The zero-order valence-corrected chi connectivity index (χ0v) is 10.9. The summed E-state index contributed by atoms with van der Waals surface area (Å²) in [6.45, 7) is 1.99. The van der Waals surface area contributed by atoms with E-state index in [1.165, 1.54) is 0 Å². The van der Waals surface area contributed by atoms with Gasteiger partial charge in [-0.25, -0.2) is 0 Å². The monoisotopic (exact) mass is 265 g/mol. The van der Waals surface area contributed by atoms with E-state index in [9.17, 15) is 9.59 Å². The highest BCUT2D eigenvalue weighted by atomic mass is 16.5. The van der Waals surface area contributed by atoms with Crippen molar-refractivity contribution in [3.63, 3.8) is 0 Å². The van der Waals surface area contributed by atoms with Crippen LogP contribution in [0.25, 0.3) is 0 Å². The molecule has 0 heterocycles. The largest absolute Gasteiger partial charge is 0.480 e. The van der Waals surface area contributed by atoms with Crippen LogP contribution in [-0.2, 0) is 20.7 Å². The quantitative estimate of drug-likeness (QED) is 0.723. The molecule has 0 aromatic heterocycles.